The first-order valence-corrected chi connectivity index (χ1v) is 9.54. The third kappa shape index (κ3) is 5.35. The van der Waals surface area contributed by atoms with Gasteiger partial charge in [0.2, 0.25) is 15.9 Å². The lowest BCUT2D eigenvalue weighted by atomic mass is 10.2. The van der Waals surface area contributed by atoms with Crippen LogP contribution in [-0.4, -0.2) is 33.4 Å². The van der Waals surface area contributed by atoms with Crippen LogP contribution in [0.3, 0.4) is 0 Å². The number of ether oxygens (including phenoxy) is 1. The molecule has 0 saturated heterocycles. The Morgan fingerprint density at radius 3 is 2.52 bits per heavy atom. The summed E-state index contributed by atoms with van der Waals surface area (Å²) in [5.41, 5.74) is 0.535. The Labute approximate surface area is 156 Å². The van der Waals surface area contributed by atoms with Crippen LogP contribution in [0.15, 0.2) is 47.4 Å². The van der Waals surface area contributed by atoms with E-state index >= 15 is 0 Å². The highest BCUT2D eigenvalue weighted by molar-refractivity contribution is 7.89. The molecule has 2 N–H and O–H groups in total. The minimum atomic E-state index is -3.99. The molecule has 0 aliphatic carbocycles. The van der Waals surface area contributed by atoms with E-state index in [2.05, 4.69) is 10.0 Å². The number of halogens is 1. The van der Waals surface area contributed by atoms with E-state index < -0.39 is 34.3 Å². The highest BCUT2D eigenvalue weighted by Crippen LogP contribution is 2.17. The molecule has 2 aromatic carbocycles. The Bertz CT molecular complexity index is 960. The maximum atomic E-state index is 13.3. The van der Waals surface area contributed by atoms with Gasteiger partial charge < -0.3 is 10.1 Å². The second kappa shape index (κ2) is 8.74. The summed E-state index contributed by atoms with van der Waals surface area (Å²) in [6.07, 6.45) is 0. The zero-order chi connectivity index (χ0) is 20.0. The average Bonchev–Trinajstić information content (AvgIpc) is 2.63. The standard InChI is InChI=1S/C18H19FN2O5S/c1-3-26-18(23)14-6-4-5-7-16(14)21-17(22)11-20-27(24,25)13-8-9-15(19)12(2)10-13/h4-10,20H,3,11H2,1-2H3,(H,21,22). The maximum absolute atomic E-state index is 13.3. The number of amides is 1. The molecule has 144 valence electrons. The molecular formula is C18H19FN2O5S. The summed E-state index contributed by atoms with van der Waals surface area (Å²) in [6, 6.07) is 9.54. The zero-order valence-corrected chi connectivity index (χ0v) is 15.6. The van der Waals surface area contributed by atoms with Crippen LogP contribution in [0.1, 0.15) is 22.8 Å². The number of rotatable bonds is 7. The van der Waals surface area contributed by atoms with E-state index in [4.69, 9.17) is 4.74 Å². The van der Waals surface area contributed by atoms with Crippen molar-refractivity contribution < 1.29 is 27.1 Å². The molecule has 0 atom stereocenters. The van der Waals surface area contributed by atoms with Crippen LogP contribution in [0.25, 0.3) is 0 Å². The number of esters is 1. The minimum absolute atomic E-state index is 0.152. The molecule has 27 heavy (non-hydrogen) atoms. The number of sulfonamides is 1. The van der Waals surface area contributed by atoms with Crippen LogP contribution in [0.4, 0.5) is 10.1 Å². The molecule has 9 heteroatoms. The number of carbonyl (C=O) groups excluding carboxylic acids is 2. The van der Waals surface area contributed by atoms with Crippen LogP contribution >= 0.6 is 0 Å². The van der Waals surface area contributed by atoms with Gasteiger partial charge in [-0.05, 0) is 49.7 Å². The van der Waals surface area contributed by atoms with Gasteiger partial charge >= 0.3 is 5.97 Å². The average molecular weight is 394 g/mol. The smallest absolute Gasteiger partial charge is 0.340 e. The first kappa shape index (κ1) is 20.5. The number of carbonyl (C=O) groups is 2. The summed E-state index contributed by atoms with van der Waals surface area (Å²) < 4.78 is 44.8. The fraction of sp³-hybridized carbons (Fsp3) is 0.222. The van der Waals surface area contributed by atoms with Crippen LogP contribution in [0.5, 0.6) is 0 Å². The molecule has 2 aromatic rings. The third-order valence-electron chi connectivity index (χ3n) is 3.56. The van der Waals surface area contributed by atoms with Gasteiger partial charge in [-0.3, -0.25) is 4.79 Å². The Morgan fingerprint density at radius 2 is 1.85 bits per heavy atom. The third-order valence-corrected chi connectivity index (χ3v) is 4.96. The summed E-state index contributed by atoms with van der Waals surface area (Å²) in [4.78, 5) is 23.8. The predicted molar refractivity (Wildman–Crippen MR) is 97.4 cm³/mol. The Kier molecular flexibility index (Phi) is 6.65. The van der Waals surface area contributed by atoms with E-state index in [0.29, 0.717) is 0 Å². The lowest BCUT2D eigenvalue weighted by molar-refractivity contribution is -0.115. The van der Waals surface area contributed by atoms with Gasteiger partial charge in [0.15, 0.2) is 0 Å². The number of hydrogen-bond donors (Lipinski definition) is 2. The van der Waals surface area contributed by atoms with Crippen LogP contribution in [0, 0.1) is 12.7 Å². The van der Waals surface area contributed by atoms with Crippen molar-refractivity contribution in [2.75, 3.05) is 18.5 Å². The van der Waals surface area contributed by atoms with Crippen molar-refractivity contribution in [1.82, 2.24) is 4.72 Å². The predicted octanol–water partition coefficient (Wildman–Crippen LogP) is 2.23. The summed E-state index contributed by atoms with van der Waals surface area (Å²) >= 11 is 0. The lowest BCUT2D eigenvalue weighted by Gasteiger charge is -2.11. The Morgan fingerprint density at radius 1 is 1.15 bits per heavy atom. The van der Waals surface area contributed by atoms with Gasteiger partial charge in [0, 0.05) is 0 Å². The van der Waals surface area contributed by atoms with E-state index in [1.807, 2.05) is 0 Å². The number of benzene rings is 2. The van der Waals surface area contributed by atoms with Crippen LogP contribution < -0.4 is 10.0 Å². The molecule has 7 nitrogen and oxygen atoms in total. The molecule has 0 radical (unpaired) electrons. The normalized spacial score (nSPS) is 11.1. The molecule has 0 unspecified atom stereocenters. The molecule has 0 heterocycles. The molecular weight excluding hydrogens is 375 g/mol. The molecule has 0 aromatic heterocycles. The lowest BCUT2D eigenvalue weighted by Crippen LogP contribution is -2.33. The van der Waals surface area contributed by atoms with Crippen LogP contribution in [0.2, 0.25) is 0 Å². The Hall–Kier alpha value is -2.78. The topological polar surface area (TPSA) is 102 Å². The highest BCUT2D eigenvalue weighted by atomic mass is 32.2. The second-order valence-electron chi connectivity index (χ2n) is 5.55. The maximum Gasteiger partial charge on any atom is 0.340 e. The fourth-order valence-electron chi connectivity index (χ4n) is 2.20. The van der Waals surface area contributed by atoms with Gasteiger partial charge in [-0.15, -0.1) is 0 Å². The molecule has 0 aliphatic heterocycles. The number of para-hydroxylation sites is 1. The van der Waals surface area contributed by atoms with Crippen molar-refractivity contribution in [1.29, 1.82) is 0 Å². The molecule has 1 amide bonds. The van der Waals surface area contributed by atoms with Crippen molar-refractivity contribution >= 4 is 27.6 Å². The van der Waals surface area contributed by atoms with Gasteiger partial charge in [0.25, 0.3) is 0 Å². The van der Waals surface area contributed by atoms with Crippen molar-refractivity contribution in [3.63, 3.8) is 0 Å². The van der Waals surface area contributed by atoms with Gasteiger partial charge in [-0.1, -0.05) is 12.1 Å². The molecule has 0 fully saturated rings. The summed E-state index contributed by atoms with van der Waals surface area (Å²) in [7, 11) is -3.99. The minimum Gasteiger partial charge on any atom is -0.462 e. The largest absolute Gasteiger partial charge is 0.462 e. The van der Waals surface area contributed by atoms with E-state index in [1.54, 1.807) is 19.1 Å². The number of hydrogen-bond acceptors (Lipinski definition) is 5. The first-order chi connectivity index (χ1) is 12.7. The van der Waals surface area contributed by atoms with Gasteiger partial charge in [0.1, 0.15) is 5.82 Å². The zero-order valence-electron chi connectivity index (χ0n) is 14.8. The number of aryl methyl sites for hydroxylation is 1. The molecule has 0 spiro atoms. The quantitative estimate of drug-likeness (QED) is 0.701. The van der Waals surface area contributed by atoms with Crippen molar-refractivity contribution in [2.45, 2.75) is 18.7 Å². The van der Waals surface area contributed by atoms with E-state index in [9.17, 15) is 22.4 Å². The summed E-state index contributed by atoms with van der Waals surface area (Å²) in [6.45, 7) is 2.71. The van der Waals surface area contributed by atoms with Crippen molar-refractivity contribution in [3.8, 4) is 0 Å². The summed E-state index contributed by atoms with van der Waals surface area (Å²) in [5, 5.41) is 2.47. The first-order valence-electron chi connectivity index (χ1n) is 8.06. The molecule has 0 saturated carbocycles. The van der Waals surface area contributed by atoms with E-state index in [0.717, 1.165) is 12.1 Å². The number of anilines is 1. The van der Waals surface area contributed by atoms with E-state index in [-0.39, 0.29) is 28.3 Å². The molecule has 2 rings (SSSR count). The number of nitrogens with one attached hydrogen (secondary N) is 2. The summed E-state index contributed by atoms with van der Waals surface area (Å²) in [5.74, 6) is -1.80. The SMILES string of the molecule is CCOC(=O)c1ccccc1NC(=O)CNS(=O)(=O)c1ccc(F)c(C)c1. The van der Waals surface area contributed by atoms with Crippen molar-refractivity contribution in [3.05, 3.63) is 59.4 Å². The monoisotopic (exact) mass is 394 g/mol. The second-order valence-corrected chi connectivity index (χ2v) is 7.32. The fourth-order valence-corrected chi connectivity index (χ4v) is 3.27. The van der Waals surface area contributed by atoms with Gasteiger partial charge in [-0.2, -0.15) is 0 Å². The highest BCUT2D eigenvalue weighted by Gasteiger charge is 2.18. The van der Waals surface area contributed by atoms with Gasteiger partial charge in [0.05, 0.1) is 29.3 Å². The molecule has 0 bridgehead atoms. The van der Waals surface area contributed by atoms with Gasteiger partial charge in [-0.25, -0.2) is 22.3 Å². The van der Waals surface area contributed by atoms with Crippen molar-refractivity contribution in [2.24, 2.45) is 0 Å². The molecule has 0 aliphatic rings. The Balaban J connectivity index is 2.06. The van der Waals surface area contributed by atoms with Crippen LogP contribution in [-0.2, 0) is 19.6 Å². The van der Waals surface area contributed by atoms with E-state index in [1.165, 1.54) is 25.1 Å².